The third kappa shape index (κ3) is 11.8. The van der Waals surface area contributed by atoms with E-state index in [-0.39, 0.29) is 12.4 Å². The third-order valence-corrected chi connectivity index (χ3v) is 2.04. The molecule has 1 atom stereocenters. The number of nitrogens with one attached hydrogen (secondary N) is 1. The van der Waals surface area contributed by atoms with Crippen LogP contribution in [-0.4, -0.2) is 12.6 Å². The number of hydrogen-bond donors (Lipinski definition) is 1. The average Bonchev–Trinajstić information content (AvgIpc) is 2.09. The summed E-state index contributed by atoms with van der Waals surface area (Å²) in [6.07, 6.45) is 11.8. The molecule has 0 fully saturated rings. The van der Waals surface area contributed by atoms with Gasteiger partial charge < -0.3 is 5.32 Å². The fraction of sp³-hybridized carbons (Fsp3) is 0.818. The van der Waals surface area contributed by atoms with Crippen LogP contribution in [0, 0.1) is 12.3 Å². The van der Waals surface area contributed by atoms with Gasteiger partial charge in [0.05, 0.1) is 6.54 Å². The lowest BCUT2D eigenvalue weighted by molar-refractivity contribution is 0.505. The maximum Gasteiger partial charge on any atom is 0.0575 e. The fourth-order valence-corrected chi connectivity index (χ4v) is 1.21. The monoisotopic (exact) mass is 203 g/mol. The zero-order valence-corrected chi connectivity index (χ0v) is 9.62. The normalized spacial score (nSPS) is 11.5. The number of terminal acetylenes is 1. The van der Waals surface area contributed by atoms with Gasteiger partial charge in [-0.1, -0.05) is 38.5 Å². The fourth-order valence-electron chi connectivity index (χ4n) is 1.21. The van der Waals surface area contributed by atoms with Crippen LogP contribution in [0.2, 0.25) is 0 Å². The van der Waals surface area contributed by atoms with Crippen LogP contribution in [0.15, 0.2) is 0 Å². The summed E-state index contributed by atoms with van der Waals surface area (Å²) in [6.45, 7) is 5.14. The molecule has 0 aromatic heterocycles. The molecule has 0 saturated carbocycles. The molecular weight excluding hydrogens is 182 g/mol. The smallest absolute Gasteiger partial charge is 0.0575 e. The number of unbranched alkanes of at least 4 members (excludes halogenated alkanes) is 3. The van der Waals surface area contributed by atoms with E-state index < -0.39 is 0 Å². The van der Waals surface area contributed by atoms with Gasteiger partial charge in [-0.15, -0.1) is 18.8 Å². The highest BCUT2D eigenvalue weighted by Gasteiger charge is 1.98. The number of halogens is 1. The molecule has 0 aromatic carbocycles. The first-order valence-electron chi connectivity index (χ1n) is 4.98. The molecule has 2 heteroatoms. The molecule has 1 N–H and O–H groups in total. The minimum absolute atomic E-state index is 0. The van der Waals surface area contributed by atoms with E-state index >= 15 is 0 Å². The Morgan fingerprint density at radius 1 is 1.31 bits per heavy atom. The van der Waals surface area contributed by atoms with Crippen molar-refractivity contribution >= 4 is 12.4 Å². The van der Waals surface area contributed by atoms with Gasteiger partial charge in [0, 0.05) is 6.04 Å². The molecule has 1 unspecified atom stereocenters. The van der Waals surface area contributed by atoms with Crippen molar-refractivity contribution in [2.24, 2.45) is 0 Å². The van der Waals surface area contributed by atoms with Crippen LogP contribution in [0.25, 0.3) is 0 Å². The molecule has 0 radical (unpaired) electrons. The first-order valence-corrected chi connectivity index (χ1v) is 4.98. The molecular formula is C11H22ClN. The Hall–Kier alpha value is -0.190. The van der Waals surface area contributed by atoms with Gasteiger partial charge >= 0.3 is 0 Å². The molecule has 0 amide bonds. The largest absolute Gasteiger partial charge is 0.304 e. The molecule has 0 aromatic rings. The zero-order valence-electron chi connectivity index (χ0n) is 8.81. The summed E-state index contributed by atoms with van der Waals surface area (Å²) in [4.78, 5) is 0. The van der Waals surface area contributed by atoms with Crippen LogP contribution in [-0.2, 0) is 0 Å². The lowest BCUT2D eigenvalue weighted by Crippen LogP contribution is -2.25. The quantitative estimate of drug-likeness (QED) is 0.496. The van der Waals surface area contributed by atoms with Crippen molar-refractivity contribution in [3.8, 4) is 12.3 Å². The molecule has 78 valence electrons. The Balaban J connectivity index is 0. The van der Waals surface area contributed by atoms with E-state index in [0.717, 1.165) is 0 Å². The van der Waals surface area contributed by atoms with Crippen molar-refractivity contribution in [2.45, 2.75) is 52.0 Å². The predicted octanol–water partition coefficient (Wildman–Crippen LogP) is 2.99. The lowest BCUT2D eigenvalue weighted by atomic mass is 10.1. The van der Waals surface area contributed by atoms with E-state index in [1.165, 1.54) is 32.1 Å². The summed E-state index contributed by atoms with van der Waals surface area (Å²) < 4.78 is 0. The van der Waals surface area contributed by atoms with Crippen LogP contribution < -0.4 is 5.32 Å². The highest BCUT2D eigenvalue weighted by atomic mass is 35.5. The average molecular weight is 204 g/mol. The van der Waals surface area contributed by atoms with E-state index in [1.807, 2.05) is 0 Å². The number of rotatable bonds is 7. The van der Waals surface area contributed by atoms with E-state index in [9.17, 15) is 0 Å². The molecule has 0 aliphatic carbocycles. The molecule has 0 rings (SSSR count). The van der Waals surface area contributed by atoms with Crippen molar-refractivity contribution in [1.82, 2.24) is 5.32 Å². The first-order chi connectivity index (χ1) is 5.81. The van der Waals surface area contributed by atoms with Gasteiger partial charge in [-0.2, -0.15) is 0 Å². The Morgan fingerprint density at radius 3 is 2.54 bits per heavy atom. The molecule has 0 spiro atoms. The molecule has 0 aliphatic rings. The van der Waals surface area contributed by atoms with Gasteiger partial charge in [-0.25, -0.2) is 0 Å². The second-order valence-electron chi connectivity index (χ2n) is 3.34. The van der Waals surface area contributed by atoms with Gasteiger partial charge in [-0.05, 0) is 13.3 Å². The third-order valence-electron chi connectivity index (χ3n) is 2.04. The van der Waals surface area contributed by atoms with Gasteiger partial charge in [0.25, 0.3) is 0 Å². The summed E-state index contributed by atoms with van der Waals surface area (Å²) >= 11 is 0. The second-order valence-corrected chi connectivity index (χ2v) is 3.34. The van der Waals surface area contributed by atoms with E-state index in [4.69, 9.17) is 6.42 Å². The van der Waals surface area contributed by atoms with Crippen LogP contribution >= 0.6 is 12.4 Å². The maximum absolute atomic E-state index is 5.14. The SMILES string of the molecule is C#CCNC(C)CCCCCC.Cl. The Kier molecular flexibility index (Phi) is 13.9. The summed E-state index contributed by atoms with van der Waals surface area (Å²) in [7, 11) is 0. The molecule has 0 bridgehead atoms. The van der Waals surface area contributed by atoms with Crippen molar-refractivity contribution < 1.29 is 0 Å². The predicted molar refractivity (Wildman–Crippen MR) is 62.3 cm³/mol. The van der Waals surface area contributed by atoms with Crippen LogP contribution in [0.3, 0.4) is 0 Å². The lowest BCUT2D eigenvalue weighted by Gasteiger charge is -2.10. The topological polar surface area (TPSA) is 12.0 Å². The van der Waals surface area contributed by atoms with Crippen molar-refractivity contribution in [1.29, 1.82) is 0 Å². The Bertz CT molecular complexity index is 129. The summed E-state index contributed by atoms with van der Waals surface area (Å²) in [5.74, 6) is 2.59. The van der Waals surface area contributed by atoms with Crippen LogP contribution in [0.5, 0.6) is 0 Å². The molecule has 1 nitrogen and oxygen atoms in total. The Morgan fingerprint density at radius 2 is 2.00 bits per heavy atom. The van der Waals surface area contributed by atoms with Crippen molar-refractivity contribution in [3.63, 3.8) is 0 Å². The summed E-state index contributed by atoms with van der Waals surface area (Å²) in [6, 6.07) is 0.581. The first kappa shape index (κ1) is 15.3. The molecule has 0 saturated heterocycles. The van der Waals surface area contributed by atoms with Crippen molar-refractivity contribution in [2.75, 3.05) is 6.54 Å². The van der Waals surface area contributed by atoms with Gasteiger partial charge in [0.15, 0.2) is 0 Å². The van der Waals surface area contributed by atoms with E-state index in [0.29, 0.717) is 12.6 Å². The van der Waals surface area contributed by atoms with Crippen LogP contribution in [0.1, 0.15) is 46.0 Å². The van der Waals surface area contributed by atoms with Gasteiger partial charge in [0.2, 0.25) is 0 Å². The minimum Gasteiger partial charge on any atom is -0.304 e. The molecule has 0 heterocycles. The second kappa shape index (κ2) is 11.8. The highest BCUT2D eigenvalue weighted by molar-refractivity contribution is 5.85. The standard InChI is InChI=1S/C11H21N.ClH/c1-4-6-7-8-9-11(3)12-10-5-2;/h2,11-12H,4,6-10H2,1,3H3;1H. The molecule has 0 aliphatic heterocycles. The van der Waals surface area contributed by atoms with E-state index in [2.05, 4.69) is 25.1 Å². The highest BCUT2D eigenvalue weighted by Crippen LogP contribution is 2.04. The summed E-state index contributed by atoms with van der Waals surface area (Å²) in [5.41, 5.74) is 0. The van der Waals surface area contributed by atoms with Gasteiger partial charge in [-0.3, -0.25) is 0 Å². The maximum atomic E-state index is 5.14. The van der Waals surface area contributed by atoms with Crippen molar-refractivity contribution in [3.05, 3.63) is 0 Å². The number of hydrogen-bond acceptors (Lipinski definition) is 1. The zero-order chi connectivity index (χ0) is 9.23. The molecule has 13 heavy (non-hydrogen) atoms. The summed E-state index contributed by atoms with van der Waals surface area (Å²) in [5, 5.41) is 3.27. The minimum atomic E-state index is 0. The van der Waals surface area contributed by atoms with Gasteiger partial charge in [0.1, 0.15) is 0 Å². The van der Waals surface area contributed by atoms with E-state index in [1.54, 1.807) is 0 Å². The van der Waals surface area contributed by atoms with Crippen LogP contribution in [0.4, 0.5) is 0 Å². The Labute approximate surface area is 89.1 Å².